The van der Waals surface area contributed by atoms with Gasteiger partial charge in [-0.05, 0) is 54.1 Å². The smallest absolute Gasteiger partial charge is 0.00812 e. The summed E-state index contributed by atoms with van der Waals surface area (Å²) < 4.78 is 0. The van der Waals surface area contributed by atoms with E-state index in [0.717, 1.165) is 6.54 Å². The minimum absolute atomic E-state index is 0.631. The Morgan fingerprint density at radius 1 is 1.14 bits per heavy atom. The van der Waals surface area contributed by atoms with Gasteiger partial charge < -0.3 is 10.2 Å². The van der Waals surface area contributed by atoms with Crippen LogP contribution in [0.15, 0.2) is 0 Å². The summed E-state index contributed by atoms with van der Waals surface area (Å²) in [7, 11) is 2.21. The number of nitrogens with one attached hydrogen (secondary N) is 1. The van der Waals surface area contributed by atoms with Gasteiger partial charge in [0.2, 0.25) is 0 Å². The Balaban J connectivity index is 3.74. The van der Waals surface area contributed by atoms with E-state index in [1.165, 1.54) is 12.8 Å². The van der Waals surface area contributed by atoms with E-state index in [0.29, 0.717) is 18.1 Å². The maximum Gasteiger partial charge on any atom is 0.00812 e. The molecule has 0 rings (SSSR count). The van der Waals surface area contributed by atoms with Crippen molar-refractivity contribution in [2.24, 2.45) is 0 Å². The van der Waals surface area contributed by atoms with E-state index in [9.17, 15) is 0 Å². The molecule has 0 saturated carbocycles. The molecule has 0 aliphatic carbocycles. The predicted molar refractivity (Wildman–Crippen MR) is 64.7 cm³/mol. The van der Waals surface area contributed by atoms with Crippen LogP contribution < -0.4 is 5.32 Å². The van der Waals surface area contributed by atoms with E-state index in [-0.39, 0.29) is 0 Å². The molecule has 0 aromatic carbocycles. The molecule has 0 aromatic rings. The molecule has 0 bridgehead atoms. The molecular formula is C12H28N2. The van der Waals surface area contributed by atoms with Crippen LogP contribution in [0, 0.1) is 0 Å². The lowest BCUT2D eigenvalue weighted by Gasteiger charge is -2.30. The van der Waals surface area contributed by atoms with Crippen molar-refractivity contribution in [2.75, 3.05) is 13.6 Å². The molecule has 2 atom stereocenters. The van der Waals surface area contributed by atoms with Crippen molar-refractivity contribution in [2.45, 2.75) is 65.6 Å². The molecule has 0 radical (unpaired) electrons. The maximum atomic E-state index is 3.53. The highest BCUT2D eigenvalue weighted by Crippen LogP contribution is 2.08. The third-order valence-corrected chi connectivity index (χ3v) is 2.95. The zero-order valence-electron chi connectivity index (χ0n) is 10.8. The number of hydrogen-bond donors (Lipinski definition) is 1. The lowest BCUT2D eigenvalue weighted by Crippen LogP contribution is -2.40. The van der Waals surface area contributed by atoms with E-state index in [4.69, 9.17) is 0 Å². The van der Waals surface area contributed by atoms with Gasteiger partial charge in [0, 0.05) is 18.1 Å². The molecular weight excluding hydrogens is 172 g/mol. The largest absolute Gasteiger partial charge is 0.314 e. The molecule has 0 spiro atoms. The van der Waals surface area contributed by atoms with Crippen molar-refractivity contribution < 1.29 is 0 Å². The van der Waals surface area contributed by atoms with Gasteiger partial charge in [0.1, 0.15) is 0 Å². The van der Waals surface area contributed by atoms with Crippen molar-refractivity contribution in [3.8, 4) is 0 Å². The Morgan fingerprint density at radius 2 is 1.71 bits per heavy atom. The number of rotatable bonds is 7. The van der Waals surface area contributed by atoms with Crippen molar-refractivity contribution in [1.29, 1.82) is 0 Å². The SMILES string of the molecule is CCCNC(C)CC(C)N(C)C(C)C. The lowest BCUT2D eigenvalue weighted by atomic mass is 10.1. The summed E-state index contributed by atoms with van der Waals surface area (Å²) in [4.78, 5) is 2.43. The molecule has 0 aliphatic rings. The summed E-state index contributed by atoms with van der Waals surface area (Å²) in [5.41, 5.74) is 0. The van der Waals surface area contributed by atoms with Crippen LogP contribution in [0.2, 0.25) is 0 Å². The molecule has 2 heteroatoms. The third kappa shape index (κ3) is 5.61. The van der Waals surface area contributed by atoms with E-state index in [1.807, 2.05) is 0 Å². The Morgan fingerprint density at radius 3 is 2.14 bits per heavy atom. The fraction of sp³-hybridized carbons (Fsp3) is 1.00. The molecule has 14 heavy (non-hydrogen) atoms. The monoisotopic (exact) mass is 200 g/mol. The Bertz CT molecular complexity index is 134. The Kier molecular flexibility index (Phi) is 7.20. The van der Waals surface area contributed by atoms with Crippen LogP contribution in [0.5, 0.6) is 0 Å². The standard InChI is InChI=1S/C12H28N2/c1-7-8-13-11(4)9-12(5)14(6)10(2)3/h10-13H,7-9H2,1-6H3. The van der Waals surface area contributed by atoms with Crippen LogP contribution in [0.4, 0.5) is 0 Å². The molecule has 0 amide bonds. The zero-order chi connectivity index (χ0) is 11.1. The first kappa shape index (κ1) is 13.9. The Labute approximate surface area is 90.1 Å². The van der Waals surface area contributed by atoms with Crippen molar-refractivity contribution in [1.82, 2.24) is 10.2 Å². The fourth-order valence-corrected chi connectivity index (χ4v) is 1.66. The Hall–Kier alpha value is -0.0800. The summed E-state index contributed by atoms with van der Waals surface area (Å²) >= 11 is 0. The predicted octanol–water partition coefficient (Wildman–Crippen LogP) is 2.49. The lowest BCUT2D eigenvalue weighted by molar-refractivity contribution is 0.188. The van der Waals surface area contributed by atoms with E-state index >= 15 is 0 Å². The molecule has 0 fully saturated rings. The second kappa shape index (κ2) is 7.24. The van der Waals surface area contributed by atoms with Crippen LogP contribution in [0.3, 0.4) is 0 Å². The second-order valence-corrected chi connectivity index (χ2v) is 4.70. The quantitative estimate of drug-likeness (QED) is 0.679. The molecule has 1 N–H and O–H groups in total. The third-order valence-electron chi connectivity index (χ3n) is 2.95. The first-order valence-electron chi connectivity index (χ1n) is 5.94. The topological polar surface area (TPSA) is 15.3 Å². The molecule has 2 unspecified atom stereocenters. The van der Waals surface area contributed by atoms with Gasteiger partial charge in [0.25, 0.3) is 0 Å². The van der Waals surface area contributed by atoms with Crippen LogP contribution >= 0.6 is 0 Å². The number of hydrogen-bond acceptors (Lipinski definition) is 2. The molecule has 0 aromatic heterocycles. The van der Waals surface area contributed by atoms with Crippen LogP contribution in [-0.2, 0) is 0 Å². The summed E-state index contributed by atoms with van der Waals surface area (Å²) in [6, 6.07) is 1.93. The molecule has 0 aliphatic heterocycles. The van der Waals surface area contributed by atoms with Crippen LogP contribution in [0.1, 0.15) is 47.5 Å². The van der Waals surface area contributed by atoms with Gasteiger partial charge in [-0.15, -0.1) is 0 Å². The van der Waals surface area contributed by atoms with E-state index in [1.54, 1.807) is 0 Å². The van der Waals surface area contributed by atoms with Crippen LogP contribution in [-0.4, -0.2) is 36.6 Å². The van der Waals surface area contributed by atoms with Gasteiger partial charge in [-0.25, -0.2) is 0 Å². The maximum absolute atomic E-state index is 3.53. The van der Waals surface area contributed by atoms with Gasteiger partial charge in [-0.3, -0.25) is 0 Å². The highest BCUT2D eigenvalue weighted by atomic mass is 15.1. The second-order valence-electron chi connectivity index (χ2n) is 4.70. The first-order valence-corrected chi connectivity index (χ1v) is 5.94. The molecule has 2 nitrogen and oxygen atoms in total. The summed E-state index contributed by atoms with van der Waals surface area (Å²) in [5.74, 6) is 0. The number of nitrogens with zero attached hydrogens (tertiary/aromatic N) is 1. The van der Waals surface area contributed by atoms with Gasteiger partial charge in [0.15, 0.2) is 0 Å². The van der Waals surface area contributed by atoms with E-state index in [2.05, 4.69) is 51.9 Å². The van der Waals surface area contributed by atoms with Crippen LogP contribution in [0.25, 0.3) is 0 Å². The normalized spacial score (nSPS) is 16.3. The fourth-order valence-electron chi connectivity index (χ4n) is 1.66. The summed E-state index contributed by atoms with van der Waals surface area (Å²) in [6.45, 7) is 12.4. The minimum Gasteiger partial charge on any atom is -0.314 e. The molecule has 86 valence electrons. The van der Waals surface area contributed by atoms with E-state index < -0.39 is 0 Å². The summed E-state index contributed by atoms with van der Waals surface area (Å²) in [6.07, 6.45) is 2.45. The van der Waals surface area contributed by atoms with Gasteiger partial charge in [-0.2, -0.15) is 0 Å². The van der Waals surface area contributed by atoms with Gasteiger partial charge in [0.05, 0.1) is 0 Å². The first-order chi connectivity index (χ1) is 6.49. The van der Waals surface area contributed by atoms with Crippen molar-refractivity contribution in [3.05, 3.63) is 0 Å². The summed E-state index contributed by atoms with van der Waals surface area (Å²) in [5, 5.41) is 3.53. The van der Waals surface area contributed by atoms with Gasteiger partial charge in [-0.1, -0.05) is 6.92 Å². The van der Waals surface area contributed by atoms with Gasteiger partial charge >= 0.3 is 0 Å². The molecule has 0 saturated heterocycles. The highest BCUT2D eigenvalue weighted by Gasteiger charge is 2.14. The zero-order valence-corrected chi connectivity index (χ0v) is 10.8. The molecule has 0 heterocycles. The average molecular weight is 200 g/mol. The van der Waals surface area contributed by atoms with Crippen molar-refractivity contribution >= 4 is 0 Å². The average Bonchev–Trinajstić information content (AvgIpc) is 2.13. The van der Waals surface area contributed by atoms with Crippen molar-refractivity contribution in [3.63, 3.8) is 0 Å². The highest BCUT2D eigenvalue weighted by molar-refractivity contribution is 4.72. The minimum atomic E-state index is 0.631.